The Labute approximate surface area is 143 Å². The van der Waals surface area contributed by atoms with Gasteiger partial charge in [0, 0.05) is 53.0 Å². The van der Waals surface area contributed by atoms with Gasteiger partial charge in [-0.2, -0.15) is 0 Å². The molecule has 0 saturated carbocycles. The Hall–Kier alpha value is -2.42. The number of anilines is 1. The van der Waals surface area contributed by atoms with Gasteiger partial charge in [-0.1, -0.05) is 18.2 Å². The molecule has 2 heterocycles. The second-order valence-corrected chi connectivity index (χ2v) is 7.14. The summed E-state index contributed by atoms with van der Waals surface area (Å²) in [5, 5.41) is 2.68. The Morgan fingerprint density at radius 2 is 1.71 bits per heavy atom. The lowest BCUT2D eigenvalue weighted by atomic mass is 10.1. The number of rotatable bonds is 2. The first-order valence-electron chi connectivity index (χ1n) is 8.71. The Balaban J connectivity index is 2.02. The van der Waals surface area contributed by atoms with E-state index < -0.39 is 0 Å². The van der Waals surface area contributed by atoms with Crippen LogP contribution in [0.15, 0.2) is 48.8 Å². The molecular weight excluding hydrogens is 294 g/mol. The van der Waals surface area contributed by atoms with Crippen molar-refractivity contribution >= 4 is 27.5 Å². The van der Waals surface area contributed by atoms with Crippen molar-refractivity contribution in [2.24, 2.45) is 0 Å². The van der Waals surface area contributed by atoms with Gasteiger partial charge in [0.15, 0.2) is 0 Å². The van der Waals surface area contributed by atoms with Crippen molar-refractivity contribution < 1.29 is 0 Å². The van der Waals surface area contributed by atoms with E-state index in [0.717, 1.165) is 0 Å². The zero-order valence-electron chi connectivity index (χ0n) is 15.1. The quantitative estimate of drug-likeness (QED) is 0.639. The fraction of sp³-hybridized carbons (Fsp3) is 0.333. The second kappa shape index (κ2) is 5.30. The van der Waals surface area contributed by atoms with Crippen LogP contribution in [0.4, 0.5) is 5.69 Å². The first kappa shape index (κ1) is 15.1. The van der Waals surface area contributed by atoms with Crippen molar-refractivity contribution in [2.75, 3.05) is 11.9 Å². The number of hydrogen-bond acceptors (Lipinski definition) is 2. The molecule has 0 radical (unpaired) electrons. The lowest BCUT2D eigenvalue weighted by Gasteiger charge is -2.28. The van der Waals surface area contributed by atoms with Crippen LogP contribution in [-0.4, -0.2) is 22.7 Å². The molecule has 2 aromatic carbocycles. The summed E-state index contributed by atoms with van der Waals surface area (Å²) in [6.45, 7) is 8.97. The molecule has 1 aliphatic rings. The van der Waals surface area contributed by atoms with E-state index in [0.29, 0.717) is 12.2 Å². The fourth-order valence-electron chi connectivity index (χ4n) is 3.88. The highest BCUT2D eigenvalue weighted by Gasteiger charge is 2.23. The van der Waals surface area contributed by atoms with Gasteiger partial charge in [-0.25, -0.2) is 0 Å². The minimum absolute atomic E-state index is 0.347. The molecule has 4 rings (SSSR count). The first-order chi connectivity index (χ1) is 11.5. The normalized spacial score (nSPS) is 17.8. The highest BCUT2D eigenvalue weighted by atomic mass is 15.4. The van der Waals surface area contributed by atoms with E-state index in [-0.39, 0.29) is 0 Å². The predicted octanol–water partition coefficient (Wildman–Crippen LogP) is 5.25. The van der Waals surface area contributed by atoms with Crippen LogP contribution in [0.5, 0.6) is 0 Å². The standard InChI is InChI=1S/C21H25N3/c1-14(2)24-19-9-7-6-8-17(19)18-13-20(15(3)12-21(18)24)23-11-10-22(5)16(23)4/h6-14,16H,1-5H3/t16-/m0/s1. The van der Waals surface area contributed by atoms with E-state index in [1.807, 2.05) is 0 Å². The highest BCUT2D eigenvalue weighted by Crippen LogP contribution is 2.37. The monoisotopic (exact) mass is 319 g/mol. The van der Waals surface area contributed by atoms with Crippen molar-refractivity contribution in [1.82, 2.24) is 9.47 Å². The van der Waals surface area contributed by atoms with Crippen LogP contribution in [0.2, 0.25) is 0 Å². The molecule has 0 amide bonds. The molecule has 1 aromatic heterocycles. The van der Waals surface area contributed by atoms with E-state index in [2.05, 4.69) is 97.9 Å². The van der Waals surface area contributed by atoms with Gasteiger partial charge < -0.3 is 14.4 Å². The average molecular weight is 319 g/mol. The largest absolute Gasteiger partial charge is 0.359 e. The van der Waals surface area contributed by atoms with Crippen LogP contribution < -0.4 is 4.90 Å². The summed E-state index contributed by atoms with van der Waals surface area (Å²) in [5.74, 6) is 0. The zero-order valence-corrected chi connectivity index (χ0v) is 15.1. The Bertz CT molecular complexity index is 949. The van der Waals surface area contributed by atoms with Gasteiger partial charge in [-0.15, -0.1) is 0 Å². The summed E-state index contributed by atoms with van der Waals surface area (Å²) in [7, 11) is 2.12. The number of aromatic nitrogens is 1. The van der Waals surface area contributed by atoms with Gasteiger partial charge >= 0.3 is 0 Å². The lowest BCUT2D eigenvalue weighted by Crippen LogP contribution is -2.33. The maximum atomic E-state index is 2.46. The van der Waals surface area contributed by atoms with Crippen LogP contribution in [-0.2, 0) is 0 Å². The molecule has 0 unspecified atom stereocenters. The number of nitrogens with zero attached hydrogens (tertiary/aromatic N) is 3. The summed E-state index contributed by atoms with van der Waals surface area (Å²) in [6.07, 6.45) is 4.67. The molecule has 3 aromatic rings. The third kappa shape index (κ3) is 2.04. The molecule has 0 saturated heterocycles. The zero-order chi connectivity index (χ0) is 17.0. The fourth-order valence-corrected chi connectivity index (χ4v) is 3.88. The van der Waals surface area contributed by atoms with Gasteiger partial charge in [-0.3, -0.25) is 0 Å². The van der Waals surface area contributed by atoms with E-state index in [1.165, 1.54) is 33.1 Å². The minimum Gasteiger partial charge on any atom is -0.359 e. The summed E-state index contributed by atoms with van der Waals surface area (Å²) in [4.78, 5) is 4.59. The third-order valence-electron chi connectivity index (χ3n) is 5.28. The number of fused-ring (bicyclic) bond motifs is 3. The van der Waals surface area contributed by atoms with Crippen LogP contribution in [0.25, 0.3) is 21.8 Å². The number of para-hydroxylation sites is 1. The summed E-state index contributed by atoms with van der Waals surface area (Å²) in [5.41, 5.74) is 5.26. The molecule has 124 valence electrons. The molecule has 0 fully saturated rings. The average Bonchev–Trinajstić information content (AvgIpc) is 3.04. The van der Waals surface area contributed by atoms with Crippen molar-refractivity contribution in [3.63, 3.8) is 0 Å². The van der Waals surface area contributed by atoms with Crippen molar-refractivity contribution in [3.8, 4) is 0 Å². The van der Waals surface area contributed by atoms with E-state index >= 15 is 0 Å². The van der Waals surface area contributed by atoms with Crippen LogP contribution >= 0.6 is 0 Å². The Morgan fingerprint density at radius 3 is 2.38 bits per heavy atom. The van der Waals surface area contributed by atoms with Gasteiger partial charge in [0.1, 0.15) is 6.17 Å². The molecule has 0 spiro atoms. The minimum atomic E-state index is 0.347. The molecule has 1 aliphatic heterocycles. The number of aryl methyl sites for hydroxylation is 1. The van der Waals surface area contributed by atoms with Gasteiger partial charge in [0.2, 0.25) is 0 Å². The molecule has 3 heteroatoms. The molecule has 1 atom stereocenters. The molecule has 0 bridgehead atoms. The topological polar surface area (TPSA) is 11.4 Å². The van der Waals surface area contributed by atoms with Crippen molar-refractivity contribution in [2.45, 2.75) is 39.9 Å². The van der Waals surface area contributed by atoms with Crippen molar-refractivity contribution in [3.05, 3.63) is 54.4 Å². The SMILES string of the molecule is Cc1cc2c(cc1N1C=CN(C)[C@@H]1C)c1ccccc1n2C(C)C. The van der Waals surface area contributed by atoms with E-state index in [9.17, 15) is 0 Å². The lowest BCUT2D eigenvalue weighted by molar-refractivity contribution is 0.383. The highest BCUT2D eigenvalue weighted by molar-refractivity contribution is 6.09. The molecule has 0 aliphatic carbocycles. The molecule has 3 nitrogen and oxygen atoms in total. The van der Waals surface area contributed by atoms with E-state index in [1.54, 1.807) is 0 Å². The predicted molar refractivity (Wildman–Crippen MR) is 103 cm³/mol. The Morgan fingerprint density at radius 1 is 0.958 bits per heavy atom. The van der Waals surface area contributed by atoms with Gasteiger partial charge in [-0.05, 0) is 51.5 Å². The number of hydrogen-bond donors (Lipinski definition) is 0. The smallest absolute Gasteiger partial charge is 0.102 e. The van der Waals surface area contributed by atoms with Crippen molar-refractivity contribution in [1.29, 1.82) is 0 Å². The molecule has 0 N–H and O–H groups in total. The summed E-state index contributed by atoms with van der Waals surface area (Å²) in [6, 6.07) is 13.9. The van der Waals surface area contributed by atoms with Gasteiger partial charge in [0.05, 0.1) is 0 Å². The van der Waals surface area contributed by atoms with E-state index in [4.69, 9.17) is 0 Å². The van der Waals surface area contributed by atoms with Crippen LogP contribution in [0, 0.1) is 6.92 Å². The molecular formula is C21H25N3. The summed E-state index contributed by atoms with van der Waals surface area (Å²) < 4.78 is 2.46. The summed E-state index contributed by atoms with van der Waals surface area (Å²) >= 11 is 0. The second-order valence-electron chi connectivity index (χ2n) is 7.14. The van der Waals surface area contributed by atoms with Crippen LogP contribution in [0.3, 0.4) is 0 Å². The first-order valence-corrected chi connectivity index (χ1v) is 8.71. The van der Waals surface area contributed by atoms with Crippen LogP contribution in [0.1, 0.15) is 32.4 Å². The maximum Gasteiger partial charge on any atom is 0.102 e. The third-order valence-corrected chi connectivity index (χ3v) is 5.28. The Kier molecular flexibility index (Phi) is 3.34. The number of benzene rings is 2. The van der Waals surface area contributed by atoms with Gasteiger partial charge in [0.25, 0.3) is 0 Å². The molecule has 24 heavy (non-hydrogen) atoms. The maximum absolute atomic E-state index is 2.46.